The molecule has 1 saturated heterocycles. The molecule has 1 fully saturated rings. The zero-order valence-corrected chi connectivity index (χ0v) is 14.9. The lowest BCUT2D eigenvalue weighted by atomic mass is 9.92. The highest BCUT2D eigenvalue weighted by Crippen LogP contribution is 2.30. The van der Waals surface area contributed by atoms with Gasteiger partial charge >= 0.3 is 6.18 Å². The molecule has 0 aliphatic carbocycles. The summed E-state index contributed by atoms with van der Waals surface area (Å²) in [5.41, 5.74) is 5.14. The lowest BCUT2D eigenvalue weighted by Gasteiger charge is -2.33. The Kier molecular flexibility index (Phi) is 7.10. The van der Waals surface area contributed by atoms with Crippen LogP contribution in [0.15, 0.2) is 24.3 Å². The SMILES string of the molecule is CC(N)C1CCN(S(=O)(=O)Cc2cccc(C(F)(F)F)c2)CC1.Cl. The minimum atomic E-state index is -4.48. The number of benzene rings is 1. The van der Waals surface area contributed by atoms with Crippen LogP contribution in [0.4, 0.5) is 13.2 Å². The van der Waals surface area contributed by atoms with Gasteiger partial charge < -0.3 is 5.73 Å². The van der Waals surface area contributed by atoms with Crippen molar-refractivity contribution in [3.8, 4) is 0 Å². The number of nitrogens with two attached hydrogens (primary N) is 1. The van der Waals surface area contributed by atoms with Crippen LogP contribution in [-0.4, -0.2) is 31.9 Å². The van der Waals surface area contributed by atoms with Crippen LogP contribution in [0.3, 0.4) is 0 Å². The van der Waals surface area contributed by atoms with Gasteiger partial charge in [0, 0.05) is 19.1 Å². The first-order chi connectivity index (χ1) is 10.6. The molecule has 138 valence electrons. The van der Waals surface area contributed by atoms with Crippen LogP contribution in [0.2, 0.25) is 0 Å². The standard InChI is InChI=1S/C15H21F3N2O2S.ClH/c1-11(19)13-5-7-20(8-6-13)23(21,22)10-12-3-2-4-14(9-12)15(16,17)18;/h2-4,9,11,13H,5-8,10,19H2,1H3;1H. The molecular formula is C15H22ClF3N2O2S. The van der Waals surface area contributed by atoms with Crippen LogP contribution < -0.4 is 5.73 Å². The summed E-state index contributed by atoms with van der Waals surface area (Å²) in [4.78, 5) is 0. The van der Waals surface area contributed by atoms with Crippen LogP contribution in [0.1, 0.15) is 30.9 Å². The van der Waals surface area contributed by atoms with Crippen molar-refractivity contribution in [3.63, 3.8) is 0 Å². The molecule has 24 heavy (non-hydrogen) atoms. The molecule has 0 spiro atoms. The Balaban J connectivity index is 0.00000288. The summed E-state index contributed by atoms with van der Waals surface area (Å²) >= 11 is 0. The van der Waals surface area contributed by atoms with Crippen LogP contribution in [0, 0.1) is 5.92 Å². The molecule has 1 aliphatic heterocycles. The highest BCUT2D eigenvalue weighted by Gasteiger charge is 2.32. The highest BCUT2D eigenvalue weighted by atomic mass is 35.5. The first-order valence-electron chi connectivity index (χ1n) is 7.49. The second-order valence-corrected chi connectivity index (χ2v) is 8.02. The molecule has 4 nitrogen and oxygen atoms in total. The van der Waals surface area contributed by atoms with Gasteiger partial charge in [0.15, 0.2) is 0 Å². The smallest absolute Gasteiger partial charge is 0.328 e. The summed E-state index contributed by atoms with van der Waals surface area (Å²) in [6.45, 7) is 2.64. The van der Waals surface area contributed by atoms with Crippen LogP contribution in [0.5, 0.6) is 0 Å². The molecule has 1 aliphatic rings. The van der Waals surface area contributed by atoms with Gasteiger partial charge in [-0.25, -0.2) is 12.7 Å². The van der Waals surface area contributed by atoms with Gasteiger partial charge in [-0.3, -0.25) is 0 Å². The van der Waals surface area contributed by atoms with Crippen molar-refractivity contribution in [2.24, 2.45) is 11.7 Å². The molecule has 1 aromatic rings. The van der Waals surface area contributed by atoms with Crippen LogP contribution in [0.25, 0.3) is 0 Å². The first kappa shape index (κ1) is 21.2. The number of sulfonamides is 1. The second kappa shape index (κ2) is 8.03. The summed E-state index contributed by atoms with van der Waals surface area (Å²) < 4.78 is 64.3. The maximum absolute atomic E-state index is 12.7. The van der Waals surface area contributed by atoms with Crippen molar-refractivity contribution in [1.82, 2.24) is 4.31 Å². The summed E-state index contributed by atoms with van der Waals surface area (Å²) in [6, 6.07) is 4.48. The average Bonchev–Trinajstić information content (AvgIpc) is 2.46. The third-order valence-corrected chi connectivity index (χ3v) is 6.09. The van der Waals surface area contributed by atoms with Gasteiger partial charge in [-0.05, 0) is 37.3 Å². The Labute approximate surface area is 146 Å². The molecule has 0 radical (unpaired) electrons. The van der Waals surface area contributed by atoms with E-state index in [1.54, 1.807) is 0 Å². The minimum absolute atomic E-state index is 0. The predicted octanol–water partition coefficient (Wildman–Crippen LogP) is 3.02. The number of hydrogen-bond acceptors (Lipinski definition) is 3. The topological polar surface area (TPSA) is 63.4 Å². The molecule has 0 amide bonds. The molecule has 0 bridgehead atoms. The second-order valence-electron chi connectivity index (χ2n) is 6.05. The van der Waals surface area contributed by atoms with E-state index in [0.717, 1.165) is 12.1 Å². The van der Waals surface area contributed by atoms with Crippen molar-refractivity contribution < 1.29 is 21.6 Å². The number of halogens is 4. The van der Waals surface area contributed by atoms with E-state index in [9.17, 15) is 21.6 Å². The van der Waals surface area contributed by atoms with E-state index in [4.69, 9.17) is 5.73 Å². The van der Waals surface area contributed by atoms with E-state index in [1.807, 2.05) is 6.92 Å². The van der Waals surface area contributed by atoms with Gasteiger partial charge in [0.05, 0.1) is 11.3 Å². The molecular weight excluding hydrogens is 365 g/mol. The molecule has 1 unspecified atom stereocenters. The maximum Gasteiger partial charge on any atom is 0.416 e. The summed E-state index contributed by atoms with van der Waals surface area (Å²) in [5.74, 6) is -0.130. The molecule has 1 heterocycles. The fraction of sp³-hybridized carbons (Fsp3) is 0.600. The normalized spacial score (nSPS) is 18.9. The van der Waals surface area contributed by atoms with E-state index in [2.05, 4.69) is 0 Å². The molecule has 2 rings (SSSR count). The average molecular weight is 387 g/mol. The summed E-state index contributed by atoms with van der Waals surface area (Å²) in [5, 5.41) is 0. The van der Waals surface area contributed by atoms with Gasteiger partial charge in [-0.2, -0.15) is 13.2 Å². The minimum Gasteiger partial charge on any atom is -0.328 e. The van der Waals surface area contributed by atoms with Gasteiger partial charge in [0.1, 0.15) is 0 Å². The van der Waals surface area contributed by atoms with Gasteiger partial charge in [0.25, 0.3) is 0 Å². The number of nitrogens with zero attached hydrogens (tertiary/aromatic N) is 1. The van der Waals surface area contributed by atoms with E-state index in [0.29, 0.717) is 25.9 Å². The molecule has 2 N–H and O–H groups in total. The Bertz CT molecular complexity index is 642. The van der Waals surface area contributed by atoms with Crippen LogP contribution >= 0.6 is 12.4 Å². The van der Waals surface area contributed by atoms with E-state index < -0.39 is 27.5 Å². The van der Waals surface area contributed by atoms with E-state index >= 15 is 0 Å². The van der Waals surface area contributed by atoms with Crippen molar-refractivity contribution in [2.45, 2.75) is 37.7 Å². The van der Waals surface area contributed by atoms with Crippen molar-refractivity contribution in [2.75, 3.05) is 13.1 Å². The van der Waals surface area contributed by atoms with E-state index in [-0.39, 0.29) is 29.9 Å². The lowest BCUT2D eigenvalue weighted by molar-refractivity contribution is -0.137. The first-order valence-corrected chi connectivity index (χ1v) is 9.10. The molecule has 1 aromatic carbocycles. The maximum atomic E-state index is 12.7. The summed E-state index contributed by atoms with van der Waals surface area (Å²) in [6.07, 6.45) is -3.12. The van der Waals surface area contributed by atoms with E-state index in [1.165, 1.54) is 16.4 Å². The molecule has 9 heteroatoms. The van der Waals surface area contributed by atoms with Gasteiger partial charge in [-0.15, -0.1) is 12.4 Å². The zero-order chi connectivity index (χ0) is 17.3. The van der Waals surface area contributed by atoms with Crippen molar-refractivity contribution >= 4 is 22.4 Å². The third-order valence-electron chi connectivity index (χ3n) is 4.24. The fourth-order valence-corrected chi connectivity index (χ4v) is 4.37. The Morgan fingerprint density at radius 3 is 2.38 bits per heavy atom. The van der Waals surface area contributed by atoms with Crippen LogP contribution in [-0.2, 0) is 22.0 Å². The van der Waals surface area contributed by atoms with Gasteiger partial charge in [0.2, 0.25) is 10.0 Å². The Morgan fingerprint density at radius 1 is 1.29 bits per heavy atom. The number of alkyl halides is 3. The monoisotopic (exact) mass is 386 g/mol. The van der Waals surface area contributed by atoms with Crippen molar-refractivity contribution in [3.05, 3.63) is 35.4 Å². The van der Waals surface area contributed by atoms with Gasteiger partial charge in [-0.1, -0.05) is 18.2 Å². The highest BCUT2D eigenvalue weighted by molar-refractivity contribution is 7.88. The molecule has 1 atom stereocenters. The molecule has 0 aromatic heterocycles. The quantitative estimate of drug-likeness (QED) is 0.865. The predicted molar refractivity (Wildman–Crippen MR) is 89.3 cm³/mol. The Hall–Kier alpha value is -0.830. The fourth-order valence-electron chi connectivity index (χ4n) is 2.82. The number of piperidine rings is 1. The molecule has 0 saturated carbocycles. The number of hydrogen-bond donors (Lipinski definition) is 1. The Morgan fingerprint density at radius 2 is 1.88 bits per heavy atom. The number of rotatable bonds is 4. The van der Waals surface area contributed by atoms with Crippen molar-refractivity contribution in [1.29, 1.82) is 0 Å². The third kappa shape index (κ3) is 5.34. The zero-order valence-electron chi connectivity index (χ0n) is 13.3. The lowest BCUT2D eigenvalue weighted by Crippen LogP contribution is -2.42. The summed E-state index contributed by atoms with van der Waals surface area (Å²) in [7, 11) is -3.62. The largest absolute Gasteiger partial charge is 0.416 e.